The average Bonchev–Trinajstić information content (AvgIpc) is 2.68. The Morgan fingerprint density at radius 3 is 2.23 bits per heavy atom. The van der Waals surface area contributed by atoms with Crippen molar-refractivity contribution in [2.24, 2.45) is 0 Å². The summed E-state index contributed by atoms with van der Waals surface area (Å²) >= 11 is 0. The number of benzene rings is 2. The summed E-state index contributed by atoms with van der Waals surface area (Å²) in [5.41, 5.74) is 0.958. The van der Waals surface area contributed by atoms with E-state index in [4.69, 9.17) is 4.74 Å². The normalized spacial score (nSPS) is 15.5. The van der Waals surface area contributed by atoms with Gasteiger partial charge in [-0.25, -0.2) is 9.18 Å². The van der Waals surface area contributed by atoms with Crippen molar-refractivity contribution < 1.29 is 18.7 Å². The maximum absolute atomic E-state index is 13.6. The van der Waals surface area contributed by atoms with Gasteiger partial charge >= 0.3 is 5.97 Å². The van der Waals surface area contributed by atoms with Crippen molar-refractivity contribution in [2.75, 3.05) is 31.1 Å². The number of piperazine rings is 1. The molecule has 1 atom stereocenters. The molecule has 1 unspecified atom stereocenters. The summed E-state index contributed by atoms with van der Waals surface area (Å²) in [7, 11) is 0. The van der Waals surface area contributed by atoms with Crippen molar-refractivity contribution in [2.45, 2.75) is 13.0 Å². The second-order valence-corrected chi connectivity index (χ2v) is 6.18. The molecule has 5 nitrogen and oxygen atoms in total. The molecule has 136 valence electrons. The Morgan fingerprint density at radius 1 is 0.962 bits per heavy atom. The molecule has 1 fully saturated rings. The van der Waals surface area contributed by atoms with Crippen molar-refractivity contribution in [1.29, 1.82) is 0 Å². The smallest absolute Gasteiger partial charge is 0.341 e. The van der Waals surface area contributed by atoms with E-state index in [0.29, 0.717) is 26.2 Å². The molecule has 2 aromatic carbocycles. The van der Waals surface area contributed by atoms with Crippen molar-refractivity contribution in [3.63, 3.8) is 0 Å². The summed E-state index contributed by atoms with van der Waals surface area (Å²) < 4.78 is 18.8. The van der Waals surface area contributed by atoms with Gasteiger partial charge in [-0.05, 0) is 31.2 Å². The molecule has 2 aromatic rings. The van der Waals surface area contributed by atoms with Crippen LogP contribution in [0.4, 0.5) is 10.1 Å². The Balaban J connectivity index is 1.55. The molecule has 6 heteroatoms. The quantitative estimate of drug-likeness (QED) is 0.791. The minimum Gasteiger partial charge on any atom is -0.449 e. The summed E-state index contributed by atoms with van der Waals surface area (Å²) in [6, 6.07) is 15.6. The van der Waals surface area contributed by atoms with Crippen LogP contribution in [0.1, 0.15) is 17.3 Å². The van der Waals surface area contributed by atoms with Gasteiger partial charge in [-0.15, -0.1) is 0 Å². The lowest BCUT2D eigenvalue weighted by Crippen LogP contribution is -2.51. The predicted molar refractivity (Wildman–Crippen MR) is 96.5 cm³/mol. The summed E-state index contributed by atoms with van der Waals surface area (Å²) in [5, 5.41) is 0. The van der Waals surface area contributed by atoms with Crippen LogP contribution >= 0.6 is 0 Å². The Labute approximate surface area is 152 Å². The highest BCUT2D eigenvalue weighted by atomic mass is 19.1. The lowest BCUT2D eigenvalue weighted by molar-refractivity contribution is -0.140. The first-order valence-corrected chi connectivity index (χ1v) is 8.60. The van der Waals surface area contributed by atoms with Gasteiger partial charge in [0.05, 0.1) is 5.56 Å². The van der Waals surface area contributed by atoms with Crippen LogP contribution in [-0.2, 0) is 9.53 Å². The van der Waals surface area contributed by atoms with Gasteiger partial charge in [0.2, 0.25) is 0 Å². The molecule has 0 N–H and O–H groups in total. The van der Waals surface area contributed by atoms with E-state index in [0.717, 1.165) is 5.69 Å². The van der Waals surface area contributed by atoms with Gasteiger partial charge in [-0.3, -0.25) is 4.79 Å². The van der Waals surface area contributed by atoms with Crippen molar-refractivity contribution in [3.05, 3.63) is 66.0 Å². The number of para-hydroxylation sites is 1. The molecule has 0 aromatic heterocycles. The van der Waals surface area contributed by atoms with Crippen LogP contribution in [0.2, 0.25) is 0 Å². The van der Waals surface area contributed by atoms with Crippen molar-refractivity contribution >= 4 is 17.6 Å². The fourth-order valence-corrected chi connectivity index (χ4v) is 2.98. The first-order valence-electron chi connectivity index (χ1n) is 8.60. The molecule has 1 aliphatic rings. The highest BCUT2D eigenvalue weighted by Crippen LogP contribution is 2.17. The van der Waals surface area contributed by atoms with Gasteiger partial charge in [0.25, 0.3) is 5.91 Å². The number of anilines is 1. The van der Waals surface area contributed by atoms with Crippen LogP contribution in [-0.4, -0.2) is 49.1 Å². The van der Waals surface area contributed by atoms with E-state index in [-0.39, 0.29) is 11.5 Å². The van der Waals surface area contributed by atoms with Crippen LogP contribution in [0.5, 0.6) is 0 Å². The number of carbonyl (C=O) groups excluding carboxylic acids is 2. The largest absolute Gasteiger partial charge is 0.449 e. The summed E-state index contributed by atoms with van der Waals surface area (Å²) in [5.74, 6) is -1.75. The second kappa shape index (κ2) is 7.99. The van der Waals surface area contributed by atoms with Crippen LogP contribution in [0.3, 0.4) is 0 Å². The highest BCUT2D eigenvalue weighted by molar-refractivity contribution is 5.92. The zero-order valence-electron chi connectivity index (χ0n) is 14.6. The first kappa shape index (κ1) is 17.9. The lowest BCUT2D eigenvalue weighted by Gasteiger charge is -2.37. The zero-order valence-corrected chi connectivity index (χ0v) is 14.6. The van der Waals surface area contributed by atoms with E-state index in [1.165, 1.54) is 25.1 Å². The van der Waals surface area contributed by atoms with Crippen LogP contribution in [0, 0.1) is 5.82 Å². The first-order chi connectivity index (χ1) is 12.6. The third-order valence-electron chi connectivity index (χ3n) is 4.44. The topological polar surface area (TPSA) is 49.9 Å². The Hall–Kier alpha value is -2.89. The standard InChI is InChI=1S/C20H21FN2O3/c1-15(26-20(25)17-9-5-6-10-18(17)21)19(24)23-13-11-22(12-14-23)16-7-3-2-4-8-16/h2-10,15H,11-14H2,1H3. The predicted octanol–water partition coefficient (Wildman–Crippen LogP) is 2.72. The SMILES string of the molecule is CC(OC(=O)c1ccccc1F)C(=O)N1CCN(c2ccccc2)CC1. The lowest BCUT2D eigenvalue weighted by atomic mass is 10.2. The third-order valence-corrected chi connectivity index (χ3v) is 4.44. The number of hydrogen-bond donors (Lipinski definition) is 0. The van der Waals surface area contributed by atoms with Gasteiger partial charge in [0.15, 0.2) is 6.10 Å². The number of halogens is 1. The van der Waals surface area contributed by atoms with E-state index in [1.54, 1.807) is 11.0 Å². The second-order valence-electron chi connectivity index (χ2n) is 6.18. The molecule has 26 heavy (non-hydrogen) atoms. The van der Waals surface area contributed by atoms with E-state index in [1.807, 2.05) is 30.3 Å². The number of esters is 1. The summed E-state index contributed by atoms with van der Waals surface area (Å²) in [6.45, 7) is 4.04. The molecular formula is C20H21FN2O3. The highest BCUT2D eigenvalue weighted by Gasteiger charge is 2.28. The Kier molecular flexibility index (Phi) is 5.51. The summed E-state index contributed by atoms with van der Waals surface area (Å²) in [4.78, 5) is 28.5. The Morgan fingerprint density at radius 2 is 1.58 bits per heavy atom. The molecular weight excluding hydrogens is 335 g/mol. The van der Waals surface area contributed by atoms with Crippen LogP contribution in [0.15, 0.2) is 54.6 Å². The molecule has 0 saturated carbocycles. The number of ether oxygens (including phenoxy) is 1. The van der Waals surface area contributed by atoms with Gasteiger partial charge < -0.3 is 14.5 Å². The van der Waals surface area contributed by atoms with E-state index >= 15 is 0 Å². The van der Waals surface area contributed by atoms with E-state index in [9.17, 15) is 14.0 Å². The molecule has 0 spiro atoms. The zero-order chi connectivity index (χ0) is 18.5. The van der Waals surface area contributed by atoms with Crippen LogP contribution in [0.25, 0.3) is 0 Å². The minimum atomic E-state index is -0.953. The van der Waals surface area contributed by atoms with Gasteiger partial charge in [0.1, 0.15) is 5.82 Å². The van der Waals surface area contributed by atoms with E-state index in [2.05, 4.69) is 4.90 Å². The number of amides is 1. The number of hydrogen-bond acceptors (Lipinski definition) is 4. The maximum atomic E-state index is 13.6. The Bertz CT molecular complexity index is 774. The van der Waals surface area contributed by atoms with Gasteiger partial charge in [-0.2, -0.15) is 0 Å². The van der Waals surface area contributed by atoms with Gasteiger partial charge in [0, 0.05) is 31.9 Å². The molecule has 0 bridgehead atoms. The molecule has 3 rings (SSSR count). The van der Waals surface area contributed by atoms with Gasteiger partial charge in [-0.1, -0.05) is 30.3 Å². The monoisotopic (exact) mass is 356 g/mol. The number of carbonyl (C=O) groups is 2. The minimum absolute atomic E-state index is 0.166. The third kappa shape index (κ3) is 4.02. The maximum Gasteiger partial charge on any atom is 0.341 e. The summed E-state index contributed by atoms with van der Waals surface area (Å²) in [6.07, 6.45) is -0.953. The molecule has 1 heterocycles. The van der Waals surface area contributed by atoms with Crippen LogP contribution < -0.4 is 4.90 Å². The number of rotatable bonds is 4. The molecule has 1 aliphatic heterocycles. The van der Waals surface area contributed by atoms with E-state index < -0.39 is 17.9 Å². The van der Waals surface area contributed by atoms with Crippen molar-refractivity contribution in [3.8, 4) is 0 Å². The van der Waals surface area contributed by atoms with Crippen molar-refractivity contribution in [1.82, 2.24) is 4.90 Å². The molecule has 1 amide bonds. The molecule has 0 radical (unpaired) electrons. The molecule has 0 aliphatic carbocycles. The average molecular weight is 356 g/mol. The number of nitrogens with zero attached hydrogens (tertiary/aromatic N) is 2. The molecule has 1 saturated heterocycles. The fourth-order valence-electron chi connectivity index (χ4n) is 2.98. The fraction of sp³-hybridized carbons (Fsp3) is 0.300.